The van der Waals surface area contributed by atoms with Gasteiger partial charge in [0.1, 0.15) is 0 Å². The lowest BCUT2D eigenvalue weighted by Crippen LogP contribution is -2.30. The van der Waals surface area contributed by atoms with E-state index in [9.17, 15) is 0 Å². The van der Waals surface area contributed by atoms with Crippen molar-refractivity contribution in [1.82, 2.24) is 0 Å². The Bertz CT molecular complexity index is 146. The monoisotopic (exact) mass is 182 g/mol. The van der Waals surface area contributed by atoms with E-state index in [1.807, 2.05) is 0 Å². The summed E-state index contributed by atoms with van der Waals surface area (Å²) in [5.74, 6) is 4.73. The Balaban J connectivity index is 2.60. The predicted molar refractivity (Wildman–Crippen MR) is 59.7 cm³/mol. The van der Waals surface area contributed by atoms with Gasteiger partial charge in [0.05, 0.1) is 0 Å². The minimum atomic E-state index is 0.884. The molecule has 0 spiro atoms. The van der Waals surface area contributed by atoms with Crippen molar-refractivity contribution in [2.75, 3.05) is 0 Å². The standard InChI is InChI=1S/C13H26/c1-9(2)12-7-6-11(5)8-13(12)10(3)4/h9-13H,6-8H2,1-5H3/t11-,12?,13?/m1/s1. The number of rotatable bonds is 2. The summed E-state index contributed by atoms with van der Waals surface area (Å²) in [5, 5.41) is 0. The van der Waals surface area contributed by atoms with E-state index in [4.69, 9.17) is 0 Å². The highest BCUT2D eigenvalue weighted by atomic mass is 14.4. The predicted octanol–water partition coefficient (Wildman–Crippen LogP) is 4.35. The largest absolute Gasteiger partial charge is 0.0625 e. The first-order chi connectivity index (χ1) is 6.02. The first-order valence-electron chi connectivity index (χ1n) is 6.02. The summed E-state index contributed by atoms with van der Waals surface area (Å²) >= 11 is 0. The Kier molecular flexibility index (Phi) is 3.82. The minimum absolute atomic E-state index is 0.884. The normalized spacial score (nSPS) is 35.8. The Morgan fingerprint density at radius 1 is 0.846 bits per heavy atom. The maximum atomic E-state index is 2.42. The summed E-state index contributed by atoms with van der Waals surface area (Å²) in [5.41, 5.74) is 0. The second-order valence-electron chi connectivity index (χ2n) is 5.73. The van der Waals surface area contributed by atoms with Gasteiger partial charge in [-0.15, -0.1) is 0 Å². The molecule has 0 nitrogen and oxygen atoms in total. The van der Waals surface area contributed by atoms with Crippen molar-refractivity contribution in [3.63, 3.8) is 0 Å². The van der Waals surface area contributed by atoms with Crippen LogP contribution in [0.1, 0.15) is 53.9 Å². The molecule has 0 heteroatoms. The molecule has 0 aliphatic heterocycles. The second-order valence-corrected chi connectivity index (χ2v) is 5.73. The topological polar surface area (TPSA) is 0 Å². The summed E-state index contributed by atoms with van der Waals surface area (Å²) in [4.78, 5) is 0. The van der Waals surface area contributed by atoms with Crippen LogP contribution in [0.25, 0.3) is 0 Å². The molecule has 1 fully saturated rings. The molecule has 0 saturated heterocycles. The molecule has 1 aliphatic carbocycles. The molecule has 0 N–H and O–H groups in total. The van der Waals surface area contributed by atoms with E-state index < -0.39 is 0 Å². The van der Waals surface area contributed by atoms with Crippen LogP contribution in [-0.2, 0) is 0 Å². The second kappa shape index (κ2) is 4.48. The SMILES string of the molecule is CC(C)C1CC[C@@H](C)CC1C(C)C. The van der Waals surface area contributed by atoms with Crippen molar-refractivity contribution in [2.45, 2.75) is 53.9 Å². The molecule has 0 radical (unpaired) electrons. The fourth-order valence-corrected chi connectivity index (χ4v) is 3.04. The summed E-state index contributed by atoms with van der Waals surface area (Å²) < 4.78 is 0. The maximum absolute atomic E-state index is 2.42. The molecule has 1 saturated carbocycles. The summed E-state index contributed by atoms with van der Waals surface area (Å²) in [7, 11) is 0. The highest BCUT2D eigenvalue weighted by molar-refractivity contribution is 4.82. The average Bonchev–Trinajstić information content (AvgIpc) is 2.03. The van der Waals surface area contributed by atoms with Gasteiger partial charge in [-0.1, -0.05) is 41.0 Å². The van der Waals surface area contributed by atoms with Crippen LogP contribution in [0, 0.1) is 29.6 Å². The molecule has 0 aromatic carbocycles. The van der Waals surface area contributed by atoms with Crippen molar-refractivity contribution < 1.29 is 0 Å². The Labute approximate surface area is 84.1 Å². The van der Waals surface area contributed by atoms with E-state index >= 15 is 0 Å². The first kappa shape index (κ1) is 11.1. The van der Waals surface area contributed by atoms with Crippen LogP contribution in [0.15, 0.2) is 0 Å². The number of hydrogen-bond donors (Lipinski definition) is 0. The maximum Gasteiger partial charge on any atom is -0.0358 e. The van der Waals surface area contributed by atoms with Crippen LogP contribution >= 0.6 is 0 Å². The van der Waals surface area contributed by atoms with Gasteiger partial charge in [0.15, 0.2) is 0 Å². The number of hydrogen-bond acceptors (Lipinski definition) is 0. The van der Waals surface area contributed by atoms with E-state index in [0.717, 1.165) is 29.6 Å². The van der Waals surface area contributed by atoms with Crippen LogP contribution in [0.5, 0.6) is 0 Å². The Morgan fingerprint density at radius 3 is 1.85 bits per heavy atom. The van der Waals surface area contributed by atoms with Crippen LogP contribution < -0.4 is 0 Å². The third-order valence-electron chi connectivity index (χ3n) is 3.93. The zero-order valence-electron chi connectivity index (χ0n) is 10.0. The lowest BCUT2D eigenvalue weighted by atomic mass is 9.66. The molecular weight excluding hydrogens is 156 g/mol. The molecule has 13 heavy (non-hydrogen) atoms. The van der Waals surface area contributed by atoms with Crippen molar-refractivity contribution in [1.29, 1.82) is 0 Å². The van der Waals surface area contributed by atoms with Crippen molar-refractivity contribution in [2.24, 2.45) is 29.6 Å². The summed E-state index contributed by atoms with van der Waals surface area (Å²) in [6, 6.07) is 0. The third kappa shape index (κ3) is 2.72. The van der Waals surface area contributed by atoms with Crippen molar-refractivity contribution in [3.05, 3.63) is 0 Å². The first-order valence-corrected chi connectivity index (χ1v) is 6.02. The van der Waals surface area contributed by atoms with E-state index in [1.54, 1.807) is 0 Å². The zero-order chi connectivity index (χ0) is 10.0. The molecule has 0 amide bonds. The van der Waals surface area contributed by atoms with E-state index in [0.29, 0.717) is 0 Å². The van der Waals surface area contributed by atoms with Gasteiger partial charge in [-0.25, -0.2) is 0 Å². The molecule has 0 bridgehead atoms. The minimum Gasteiger partial charge on any atom is -0.0625 e. The molecule has 1 aliphatic rings. The smallest absolute Gasteiger partial charge is 0.0358 e. The third-order valence-corrected chi connectivity index (χ3v) is 3.93. The van der Waals surface area contributed by atoms with Crippen LogP contribution in [0.2, 0.25) is 0 Å². The van der Waals surface area contributed by atoms with Crippen molar-refractivity contribution >= 4 is 0 Å². The summed E-state index contributed by atoms with van der Waals surface area (Å²) in [6.07, 6.45) is 4.41. The van der Waals surface area contributed by atoms with Gasteiger partial charge in [-0.3, -0.25) is 0 Å². The zero-order valence-corrected chi connectivity index (χ0v) is 10.0. The Hall–Kier alpha value is 0. The van der Waals surface area contributed by atoms with Crippen LogP contribution in [0.3, 0.4) is 0 Å². The highest BCUT2D eigenvalue weighted by Gasteiger charge is 2.32. The molecule has 0 heterocycles. The molecule has 0 aromatic rings. The quantitative estimate of drug-likeness (QED) is 0.595. The fraction of sp³-hybridized carbons (Fsp3) is 1.00. The fourth-order valence-electron chi connectivity index (χ4n) is 3.04. The van der Waals surface area contributed by atoms with E-state index in [-0.39, 0.29) is 0 Å². The average molecular weight is 182 g/mol. The molecule has 3 atom stereocenters. The van der Waals surface area contributed by atoms with Crippen LogP contribution in [-0.4, -0.2) is 0 Å². The molecule has 2 unspecified atom stereocenters. The van der Waals surface area contributed by atoms with Gasteiger partial charge in [-0.2, -0.15) is 0 Å². The van der Waals surface area contributed by atoms with Crippen molar-refractivity contribution in [3.8, 4) is 0 Å². The molecule has 78 valence electrons. The van der Waals surface area contributed by atoms with Gasteiger partial charge >= 0.3 is 0 Å². The van der Waals surface area contributed by atoms with Gasteiger partial charge in [0.25, 0.3) is 0 Å². The summed E-state index contributed by atoms with van der Waals surface area (Å²) in [6.45, 7) is 12.0. The molecular formula is C13H26. The Morgan fingerprint density at radius 2 is 1.38 bits per heavy atom. The lowest BCUT2D eigenvalue weighted by molar-refractivity contribution is 0.106. The van der Waals surface area contributed by atoms with Gasteiger partial charge in [0.2, 0.25) is 0 Å². The lowest BCUT2D eigenvalue weighted by Gasteiger charge is -2.39. The van der Waals surface area contributed by atoms with Gasteiger partial charge in [0, 0.05) is 0 Å². The van der Waals surface area contributed by atoms with Gasteiger partial charge in [-0.05, 0) is 42.4 Å². The van der Waals surface area contributed by atoms with E-state index in [1.165, 1.54) is 19.3 Å². The highest BCUT2D eigenvalue weighted by Crippen LogP contribution is 2.41. The van der Waals surface area contributed by atoms with Gasteiger partial charge < -0.3 is 0 Å². The van der Waals surface area contributed by atoms with E-state index in [2.05, 4.69) is 34.6 Å². The van der Waals surface area contributed by atoms with Crippen LogP contribution in [0.4, 0.5) is 0 Å². The molecule has 0 aromatic heterocycles. The molecule has 1 rings (SSSR count).